The number of amides is 2. The molecule has 3 heterocycles. The van der Waals surface area contributed by atoms with Gasteiger partial charge < -0.3 is 21.1 Å². The monoisotopic (exact) mass is 625 g/mol. The summed E-state index contributed by atoms with van der Waals surface area (Å²) < 4.78 is 41.5. The molecule has 10 nitrogen and oxygen atoms in total. The van der Waals surface area contributed by atoms with Gasteiger partial charge in [0.25, 0.3) is 11.8 Å². The van der Waals surface area contributed by atoms with Gasteiger partial charge in [-0.25, -0.2) is 14.6 Å². The van der Waals surface area contributed by atoms with E-state index in [1.54, 1.807) is 27.8 Å². The van der Waals surface area contributed by atoms with Crippen LogP contribution in [0, 0.1) is 18.8 Å². The third-order valence-corrected chi connectivity index (χ3v) is 7.67. The Balaban J connectivity index is 1.41. The molecule has 2 amide bonds. The van der Waals surface area contributed by atoms with Crippen molar-refractivity contribution in [3.8, 4) is 11.8 Å². The zero-order valence-electron chi connectivity index (χ0n) is 23.6. The van der Waals surface area contributed by atoms with Gasteiger partial charge >= 0.3 is 6.18 Å². The number of hydrogen-bond donors (Lipinski definition) is 3. The fraction of sp³-hybridized carbons (Fsp3) is 0.300. The van der Waals surface area contributed by atoms with E-state index in [-0.39, 0.29) is 23.3 Å². The van der Waals surface area contributed by atoms with Gasteiger partial charge in [-0.05, 0) is 68.5 Å². The average Bonchev–Trinajstić information content (AvgIpc) is 3.36. The van der Waals surface area contributed by atoms with Gasteiger partial charge in [0.15, 0.2) is 5.65 Å². The number of halogens is 4. The maximum atomic E-state index is 13.3. The van der Waals surface area contributed by atoms with Crippen molar-refractivity contribution in [1.82, 2.24) is 24.6 Å². The van der Waals surface area contributed by atoms with Crippen LogP contribution in [0.25, 0.3) is 11.0 Å². The number of nitrogens with one attached hydrogen (secondary N) is 1. The minimum absolute atomic E-state index is 0.0913. The van der Waals surface area contributed by atoms with Crippen LogP contribution in [0.5, 0.6) is 0 Å². The number of anilines is 2. The van der Waals surface area contributed by atoms with Crippen molar-refractivity contribution >= 4 is 46.0 Å². The van der Waals surface area contributed by atoms with Crippen molar-refractivity contribution in [2.45, 2.75) is 45.0 Å². The molecule has 0 unspecified atom stereocenters. The number of piperidine rings is 1. The summed E-state index contributed by atoms with van der Waals surface area (Å²) in [6.45, 7) is 4.16. The molecule has 1 aliphatic heterocycles. The molecule has 0 saturated carbocycles. The second-order valence-corrected chi connectivity index (χ2v) is 10.8. The van der Waals surface area contributed by atoms with Crippen molar-refractivity contribution < 1.29 is 27.9 Å². The van der Waals surface area contributed by atoms with E-state index < -0.39 is 28.8 Å². The lowest BCUT2D eigenvalue weighted by Gasteiger charge is -2.32. The lowest BCUT2D eigenvalue weighted by atomic mass is 10.0. The molecule has 4 N–H and O–H groups in total. The van der Waals surface area contributed by atoms with Crippen molar-refractivity contribution in [3.05, 3.63) is 75.7 Å². The summed E-state index contributed by atoms with van der Waals surface area (Å²) in [5, 5.41) is 16.9. The van der Waals surface area contributed by atoms with Crippen molar-refractivity contribution in [1.29, 1.82) is 0 Å². The highest BCUT2D eigenvalue weighted by Gasteiger charge is 2.34. The molecule has 5 rings (SSSR count). The molecular weight excluding hydrogens is 599 g/mol. The highest BCUT2D eigenvalue weighted by Crippen LogP contribution is 2.35. The van der Waals surface area contributed by atoms with E-state index >= 15 is 0 Å². The molecule has 44 heavy (non-hydrogen) atoms. The Morgan fingerprint density at radius 3 is 2.55 bits per heavy atom. The molecule has 4 aromatic rings. The largest absolute Gasteiger partial charge is 0.417 e. The Hall–Kier alpha value is -4.67. The van der Waals surface area contributed by atoms with Crippen LogP contribution in [-0.2, 0) is 11.0 Å². The summed E-state index contributed by atoms with van der Waals surface area (Å²) in [6.07, 6.45) is -3.26. The van der Waals surface area contributed by atoms with Gasteiger partial charge in [-0.1, -0.05) is 23.6 Å². The van der Waals surface area contributed by atoms with Gasteiger partial charge in [0.05, 0.1) is 22.0 Å². The second-order valence-electron chi connectivity index (χ2n) is 10.4. The molecule has 1 saturated heterocycles. The van der Waals surface area contributed by atoms with Crippen LogP contribution in [0.1, 0.15) is 58.5 Å². The Labute approximate surface area is 255 Å². The Bertz CT molecular complexity index is 1820. The second kappa shape index (κ2) is 12.1. The topological polar surface area (TPSA) is 139 Å². The van der Waals surface area contributed by atoms with E-state index in [0.717, 1.165) is 11.6 Å². The van der Waals surface area contributed by atoms with Gasteiger partial charge in [0, 0.05) is 29.9 Å². The van der Waals surface area contributed by atoms with Gasteiger partial charge in [0.2, 0.25) is 0 Å². The summed E-state index contributed by atoms with van der Waals surface area (Å²) >= 11 is 5.68. The highest BCUT2D eigenvalue weighted by molar-refractivity contribution is 6.31. The van der Waals surface area contributed by atoms with Crippen LogP contribution in [-0.4, -0.2) is 60.8 Å². The maximum absolute atomic E-state index is 13.3. The smallest absolute Gasteiger partial charge is 0.384 e. The number of nitrogens with two attached hydrogens (primary N) is 1. The molecule has 1 atom stereocenters. The molecule has 2 aromatic carbocycles. The number of likely N-dealkylation sites (tertiary alicyclic amines) is 1. The van der Waals surface area contributed by atoms with Crippen LogP contribution < -0.4 is 11.1 Å². The number of aromatic nitrogens is 4. The van der Waals surface area contributed by atoms with Gasteiger partial charge in [0.1, 0.15) is 23.9 Å². The molecule has 0 aliphatic carbocycles. The molecule has 1 fully saturated rings. The van der Waals surface area contributed by atoms with E-state index in [1.807, 2.05) is 6.92 Å². The molecule has 228 valence electrons. The normalized spacial score (nSPS) is 14.7. The van der Waals surface area contributed by atoms with Gasteiger partial charge in [-0.15, -0.1) is 0 Å². The number of hydrogen-bond acceptors (Lipinski definition) is 7. The predicted octanol–water partition coefficient (Wildman–Crippen LogP) is 4.59. The molecule has 1 aliphatic rings. The first-order valence-corrected chi connectivity index (χ1v) is 14.0. The Morgan fingerprint density at radius 1 is 1.14 bits per heavy atom. The summed E-state index contributed by atoms with van der Waals surface area (Å²) in [6, 6.07) is 7.80. The number of nitrogen functional groups attached to an aromatic ring is 1. The average molecular weight is 626 g/mol. The summed E-state index contributed by atoms with van der Waals surface area (Å²) in [7, 11) is 0. The number of benzene rings is 2. The number of nitrogens with zero attached hydrogens (tertiary/aromatic N) is 5. The predicted molar refractivity (Wildman–Crippen MR) is 158 cm³/mol. The first-order valence-electron chi connectivity index (χ1n) is 13.6. The van der Waals surface area contributed by atoms with Crippen LogP contribution in [0.2, 0.25) is 5.02 Å². The number of aliphatic hydroxyl groups is 1. The van der Waals surface area contributed by atoms with Crippen LogP contribution in [0.15, 0.2) is 42.7 Å². The molecular formula is C30H27ClF3N7O3. The number of fused-ring (bicyclic) bond motifs is 1. The molecule has 0 bridgehead atoms. The first kappa shape index (κ1) is 30.8. The zero-order valence-corrected chi connectivity index (χ0v) is 24.4. The molecule has 0 spiro atoms. The van der Waals surface area contributed by atoms with Crippen LogP contribution >= 0.6 is 11.6 Å². The number of aryl methyl sites for hydroxylation is 1. The minimum Gasteiger partial charge on any atom is -0.384 e. The SMILES string of the molecule is Cc1ccc(NC(=O)c2ccc(Cl)c(C(F)(F)F)c2)cc1C#Cc1nn(C2CCN(C(=O)[C@@H](C)O)CC2)c2ncnc(N)c12. The third kappa shape index (κ3) is 6.31. The Kier molecular flexibility index (Phi) is 8.49. The lowest BCUT2D eigenvalue weighted by molar-refractivity contribution is -0.140. The summed E-state index contributed by atoms with van der Waals surface area (Å²) in [5.41, 5.74) is 7.38. The maximum Gasteiger partial charge on any atom is 0.417 e. The number of carbonyl (C=O) groups excluding carboxylic acids is 2. The fourth-order valence-electron chi connectivity index (χ4n) is 4.98. The molecule has 0 radical (unpaired) electrons. The van der Waals surface area contributed by atoms with E-state index in [4.69, 9.17) is 22.4 Å². The summed E-state index contributed by atoms with van der Waals surface area (Å²) in [4.78, 5) is 35.1. The van der Waals surface area contributed by atoms with Gasteiger partial charge in [-0.2, -0.15) is 18.3 Å². The number of alkyl halides is 3. The number of carbonyl (C=O) groups is 2. The quantitative estimate of drug-likeness (QED) is 0.282. The van der Waals surface area contributed by atoms with Crippen molar-refractivity contribution in [2.24, 2.45) is 0 Å². The van der Waals surface area contributed by atoms with E-state index in [0.29, 0.717) is 60.0 Å². The van der Waals surface area contributed by atoms with E-state index in [9.17, 15) is 27.9 Å². The number of aliphatic hydroxyl groups excluding tert-OH is 1. The van der Waals surface area contributed by atoms with Gasteiger partial charge in [-0.3, -0.25) is 9.59 Å². The molecule has 2 aromatic heterocycles. The highest BCUT2D eigenvalue weighted by atomic mass is 35.5. The van der Waals surface area contributed by atoms with E-state index in [1.165, 1.54) is 19.3 Å². The number of rotatable bonds is 4. The molecule has 14 heteroatoms. The Morgan fingerprint density at radius 2 is 1.86 bits per heavy atom. The lowest BCUT2D eigenvalue weighted by Crippen LogP contribution is -2.43. The van der Waals surface area contributed by atoms with Crippen molar-refractivity contribution in [3.63, 3.8) is 0 Å². The van der Waals surface area contributed by atoms with Crippen LogP contribution in [0.3, 0.4) is 0 Å². The summed E-state index contributed by atoms with van der Waals surface area (Å²) in [5.74, 6) is 5.23. The van der Waals surface area contributed by atoms with Crippen LogP contribution in [0.4, 0.5) is 24.7 Å². The zero-order chi connectivity index (χ0) is 31.8. The standard InChI is InChI=1S/C30H27ClF3N7O3/c1-16-3-6-20(38-28(43)19-4-7-23(31)22(14-19)30(32,33)34)13-18(16)5-8-24-25-26(35)36-15-37-27(25)41(39-24)21-9-11-40(12-10-21)29(44)17(2)42/h3-4,6-7,13-15,17,21,42H,9-12H2,1-2H3,(H,38,43)(H2,35,36,37)/t17-/m1/s1. The first-order chi connectivity index (χ1) is 20.8. The van der Waals surface area contributed by atoms with Crippen molar-refractivity contribution in [2.75, 3.05) is 24.1 Å². The minimum atomic E-state index is -4.71. The fourth-order valence-corrected chi connectivity index (χ4v) is 5.21. The third-order valence-electron chi connectivity index (χ3n) is 7.34. The van der Waals surface area contributed by atoms with E-state index in [2.05, 4.69) is 27.1 Å².